The van der Waals surface area contributed by atoms with Crippen LogP contribution in [-0.2, 0) is 0 Å². The van der Waals surface area contributed by atoms with Crippen LogP contribution in [0.4, 0.5) is 10.5 Å². The van der Waals surface area contributed by atoms with Gasteiger partial charge in [-0.25, -0.2) is 9.59 Å². The van der Waals surface area contributed by atoms with Crippen molar-refractivity contribution >= 4 is 28.5 Å². The summed E-state index contributed by atoms with van der Waals surface area (Å²) < 4.78 is 0. The molecule has 1 saturated heterocycles. The second-order valence-corrected chi connectivity index (χ2v) is 5.17. The molecule has 108 valence electrons. The van der Waals surface area contributed by atoms with Gasteiger partial charge in [0.2, 0.25) is 0 Å². The van der Waals surface area contributed by atoms with Gasteiger partial charge in [-0.15, -0.1) is 0 Å². The molecule has 2 amide bonds. The van der Waals surface area contributed by atoms with Gasteiger partial charge in [0.05, 0.1) is 11.3 Å². The number of rotatable bonds is 2. The summed E-state index contributed by atoms with van der Waals surface area (Å²) in [6.45, 7) is 1.45. The molecule has 0 saturated carbocycles. The van der Waals surface area contributed by atoms with Crippen LogP contribution in [-0.4, -0.2) is 35.1 Å². The molecule has 5 nitrogen and oxygen atoms in total. The SMILES string of the molecule is O=C(O)c1cc2ccccc2cc1NC(=O)N1CCCC1. The first-order valence-corrected chi connectivity index (χ1v) is 6.97. The minimum absolute atomic E-state index is 0.112. The average molecular weight is 284 g/mol. The van der Waals surface area contributed by atoms with Gasteiger partial charge in [-0.05, 0) is 35.7 Å². The lowest BCUT2D eigenvalue weighted by molar-refractivity contribution is 0.0698. The van der Waals surface area contributed by atoms with E-state index in [1.807, 2.05) is 24.3 Å². The Kier molecular flexibility index (Phi) is 3.48. The molecular weight excluding hydrogens is 268 g/mol. The van der Waals surface area contributed by atoms with Crippen LogP contribution in [0.15, 0.2) is 36.4 Å². The molecule has 0 aromatic heterocycles. The molecule has 3 rings (SSSR count). The summed E-state index contributed by atoms with van der Waals surface area (Å²) in [6.07, 6.45) is 1.99. The first kappa shape index (κ1) is 13.4. The van der Waals surface area contributed by atoms with Crippen LogP contribution in [0.2, 0.25) is 0 Å². The predicted octanol–water partition coefficient (Wildman–Crippen LogP) is 3.17. The summed E-state index contributed by atoms with van der Waals surface area (Å²) in [6, 6.07) is 10.6. The van der Waals surface area contributed by atoms with Gasteiger partial charge >= 0.3 is 12.0 Å². The minimum Gasteiger partial charge on any atom is -0.478 e. The number of hydrogen-bond acceptors (Lipinski definition) is 2. The number of hydrogen-bond donors (Lipinski definition) is 2. The Morgan fingerprint density at radius 3 is 2.29 bits per heavy atom. The molecule has 21 heavy (non-hydrogen) atoms. The van der Waals surface area contributed by atoms with E-state index in [1.54, 1.807) is 17.0 Å². The first-order valence-electron chi connectivity index (χ1n) is 6.97. The van der Waals surface area contributed by atoms with Crippen LogP contribution >= 0.6 is 0 Å². The number of urea groups is 1. The van der Waals surface area contributed by atoms with E-state index in [1.165, 1.54) is 0 Å². The van der Waals surface area contributed by atoms with E-state index >= 15 is 0 Å². The molecule has 1 heterocycles. The summed E-state index contributed by atoms with van der Waals surface area (Å²) in [5.41, 5.74) is 0.458. The van der Waals surface area contributed by atoms with Gasteiger partial charge in [-0.2, -0.15) is 0 Å². The third-order valence-electron chi connectivity index (χ3n) is 3.75. The zero-order valence-electron chi connectivity index (χ0n) is 11.5. The van der Waals surface area contributed by atoms with Crippen molar-refractivity contribution in [1.82, 2.24) is 4.90 Å². The number of nitrogens with zero attached hydrogens (tertiary/aromatic N) is 1. The number of benzene rings is 2. The Bertz CT molecular complexity index is 706. The molecule has 1 aliphatic rings. The fourth-order valence-electron chi connectivity index (χ4n) is 2.64. The Morgan fingerprint density at radius 2 is 1.67 bits per heavy atom. The molecule has 2 N–H and O–H groups in total. The van der Waals surface area contributed by atoms with Crippen LogP contribution in [0.1, 0.15) is 23.2 Å². The van der Waals surface area contributed by atoms with Gasteiger partial charge in [-0.1, -0.05) is 24.3 Å². The van der Waals surface area contributed by atoms with Crippen LogP contribution in [0.3, 0.4) is 0 Å². The topological polar surface area (TPSA) is 69.6 Å². The van der Waals surface area contributed by atoms with Crippen LogP contribution in [0.5, 0.6) is 0 Å². The standard InChI is InChI=1S/C16H16N2O3/c19-15(20)13-9-11-5-1-2-6-12(11)10-14(13)17-16(21)18-7-3-4-8-18/h1-2,5-6,9-10H,3-4,7-8H2,(H,17,21)(H,19,20). The van der Waals surface area contributed by atoms with Crippen molar-refractivity contribution in [2.24, 2.45) is 0 Å². The highest BCUT2D eigenvalue weighted by atomic mass is 16.4. The molecule has 2 aromatic rings. The summed E-state index contributed by atoms with van der Waals surface area (Å²) in [5, 5.41) is 13.8. The average Bonchev–Trinajstić information content (AvgIpc) is 3.00. The van der Waals surface area contributed by atoms with Crippen molar-refractivity contribution < 1.29 is 14.7 Å². The van der Waals surface area contributed by atoms with Gasteiger partial charge in [0, 0.05) is 13.1 Å². The smallest absolute Gasteiger partial charge is 0.337 e. The van der Waals surface area contributed by atoms with E-state index in [0.717, 1.165) is 36.7 Å². The maximum Gasteiger partial charge on any atom is 0.337 e. The Morgan fingerprint density at radius 1 is 1.05 bits per heavy atom. The number of anilines is 1. The lowest BCUT2D eigenvalue weighted by Crippen LogP contribution is -2.32. The fraction of sp³-hybridized carbons (Fsp3) is 0.250. The van der Waals surface area contributed by atoms with E-state index in [2.05, 4.69) is 5.32 Å². The van der Waals surface area contributed by atoms with Gasteiger partial charge in [-0.3, -0.25) is 0 Å². The monoisotopic (exact) mass is 284 g/mol. The number of carboxylic acid groups (broad SMARTS) is 1. The minimum atomic E-state index is -1.04. The number of carboxylic acids is 1. The van der Waals surface area contributed by atoms with Crippen LogP contribution in [0.25, 0.3) is 10.8 Å². The summed E-state index contributed by atoms with van der Waals surface area (Å²) in [4.78, 5) is 25.3. The largest absolute Gasteiger partial charge is 0.478 e. The van der Waals surface area contributed by atoms with Gasteiger partial charge < -0.3 is 15.3 Å². The Balaban J connectivity index is 1.97. The normalized spacial score (nSPS) is 14.4. The lowest BCUT2D eigenvalue weighted by atomic mass is 10.0. The van der Waals surface area contributed by atoms with Gasteiger partial charge in [0.25, 0.3) is 0 Å². The molecule has 0 bridgehead atoms. The zero-order valence-corrected chi connectivity index (χ0v) is 11.5. The van der Waals surface area contributed by atoms with Crippen molar-refractivity contribution in [1.29, 1.82) is 0 Å². The van der Waals surface area contributed by atoms with E-state index < -0.39 is 5.97 Å². The number of amides is 2. The number of aromatic carboxylic acids is 1. The lowest BCUT2D eigenvalue weighted by Gasteiger charge is -2.17. The van der Waals surface area contributed by atoms with E-state index in [4.69, 9.17) is 0 Å². The second kappa shape index (κ2) is 5.44. The van der Waals surface area contributed by atoms with Crippen LogP contribution in [0, 0.1) is 0 Å². The molecule has 0 atom stereocenters. The summed E-state index contributed by atoms with van der Waals surface area (Å²) in [5.74, 6) is -1.04. The zero-order chi connectivity index (χ0) is 14.8. The molecule has 1 aliphatic heterocycles. The molecule has 1 fully saturated rings. The quantitative estimate of drug-likeness (QED) is 0.890. The maximum atomic E-state index is 12.1. The first-order chi connectivity index (χ1) is 10.1. The van der Waals surface area contributed by atoms with Crippen molar-refractivity contribution in [3.8, 4) is 0 Å². The molecule has 0 unspecified atom stereocenters. The van der Waals surface area contributed by atoms with E-state index in [9.17, 15) is 14.7 Å². The fourth-order valence-corrected chi connectivity index (χ4v) is 2.64. The molecular formula is C16H16N2O3. The van der Waals surface area contributed by atoms with E-state index in [0.29, 0.717) is 5.69 Å². The molecule has 0 radical (unpaired) electrons. The van der Waals surface area contributed by atoms with Crippen molar-refractivity contribution in [2.75, 3.05) is 18.4 Å². The highest BCUT2D eigenvalue weighted by molar-refractivity contribution is 6.04. The van der Waals surface area contributed by atoms with Gasteiger partial charge in [0.1, 0.15) is 0 Å². The number of carbonyl (C=O) groups is 2. The van der Waals surface area contributed by atoms with Crippen LogP contribution < -0.4 is 5.32 Å². The molecule has 0 spiro atoms. The molecule has 5 heteroatoms. The Labute approximate surface area is 122 Å². The van der Waals surface area contributed by atoms with Crippen molar-refractivity contribution in [3.05, 3.63) is 42.0 Å². The van der Waals surface area contributed by atoms with Crippen molar-refractivity contribution in [3.63, 3.8) is 0 Å². The van der Waals surface area contributed by atoms with Crippen molar-refractivity contribution in [2.45, 2.75) is 12.8 Å². The van der Waals surface area contributed by atoms with E-state index in [-0.39, 0.29) is 11.6 Å². The second-order valence-electron chi connectivity index (χ2n) is 5.17. The maximum absolute atomic E-state index is 12.1. The summed E-state index contributed by atoms with van der Waals surface area (Å²) in [7, 11) is 0. The Hall–Kier alpha value is -2.56. The number of fused-ring (bicyclic) bond motifs is 1. The number of carbonyl (C=O) groups excluding carboxylic acids is 1. The number of nitrogens with one attached hydrogen (secondary N) is 1. The molecule has 0 aliphatic carbocycles. The highest BCUT2D eigenvalue weighted by Gasteiger charge is 2.20. The third-order valence-corrected chi connectivity index (χ3v) is 3.75. The highest BCUT2D eigenvalue weighted by Crippen LogP contribution is 2.25. The van der Waals surface area contributed by atoms with Gasteiger partial charge in [0.15, 0.2) is 0 Å². The molecule has 2 aromatic carbocycles. The summed E-state index contributed by atoms with van der Waals surface area (Å²) >= 11 is 0. The number of likely N-dealkylation sites (tertiary alicyclic amines) is 1. The predicted molar refractivity (Wildman–Crippen MR) is 80.7 cm³/mol. The third kappa shape index (κ3) is 2.67.